The van der Waals surface area contributed by atoms with Crippen molar-refractivity contribution in [3.8, 4) is 0 Å². The first-order valence-corrected chi connectivity index (χ1v) is 12.3. The average Bonchev–Trinajstić information content (AvgIpc) is 3.16. The van der Waals surface area contributed by atoms with Crippen molar-refractivity contribution in [3.63, 3.8) is 0 Å². The summed E-state index contributed by atoms with van der Waals surface area (Å²) in [4.78, 5) is 43.1. The van der Waals surface area contributed by atoms with E-state index in [2.05, 4.69) is 20.8 Å². The van der Waals surface area contributed by atoms with Crippen molar-refractivity contribution >= 4 is 38.8 Å². The molecule has 1 amide bonds. The molecule has 182 valence electrons. The molecule has 8 nitrogen and oxygen atoms in total. The van der Waals surface area contributed by atoms with Crippen LogP contribution >= 0.6 is 15.9 Å². The highest BCUT2D eigenvalue weighted by molar-refractivity contribution is 9.10. The van der Waals surface area contributed by atoms with Crippen LogP contribution in [0.15, 0.2) is 56.1 Å². The second kappa shape index (κ2) is 9.93. The molecular formula is C26H25BrN2O6. The zero-order valence-electron chi connectivity index (χ0n) is 19.3. The second-order valence-electron chi connectivity index (χ2n) is 8.64. The third-order valence-corrected chi connectivity index (χ3v) is 7.05. The van der Waals surface area contributed by atoms with Crippen molar-refractivity contribution in [2.45, 2.75) is 12.5 Å². The lowest BCUT2D eigenvalue weighted by Gasteiger charge is -2.29. The van der Waals surface area contributed by atoms with E-state index < -0.39 is 12.0 Å². The van der Waals surface area contributed by atoms with Crippen LogP contribution in [0, 0.1) is 0 Å². The predicted octanol–water partition coefficient (Wildman–Crippen LogP) is 3.61. The van der Waals surface area contributed by atoms with Gasteiger partial charge in [-0.15, -0.1) is 0 Å². The van der Waals surface area contributed by atoms with Crippen molar-refractivity contribution in [1.29, 1.82) is 0 Å². The van der Waals surface area contributed by atoms with Gasteiger partial charge in [-0.3, -0.25) is 14.5 Å². The van der Waals surface area contributed by atoms with Gasteiger partial charge in [-0.05, 0) is 42.3 Å². The highest BCUT2D eigenvalue weighted by Crippen LogP contribution is 2.38. The molecule has 0 aliphatic carbocycles. The summed E-state index contributed by atoms with van der Waals surface area (Å²) in [5.74, 6) is -0.665. The zero-order chi connectivity index (χ0) is 24.5. The summed E-state index contributed by atoms with van der Waals surface area (Å²) in [6, 6.07) is 11.4. The van der Waals surface area contributed by atoms with Crippen molar-refractivity contribution in [1.82, 2.24) is 9.80 Å². The monoisotopic (exact) mass is 540 g/mol. The molecule has 2 aromatic carbocycles. The van der Waals surface area contributed by atoms with Crippen molar-refractivity contribution in [2.75, 3.05) is 46.5 Å². The lowest BCUT2D eigenvalue weighted by Crippen LogP contribution is -2.38. The van der Waals surface area contributed by atoms with E-state index >= 15 is 0 Å². The Morgan fingerprint density at radius 1 is 1.09 bits per heavy atom. The van der Waals surface area contributed by atoms with E-state index in [9.17, 15) is 14.4 Å². The van der Waals surface area contributed by atoms with Gasteiger partial charge >= 0.3 is 5.97 Å². The van der Waals surface area contributed by atoms with Crippen LogP contribution in [-0.2, 0) is 9.47 Å². The first-order chi connectivity index (χ1) is 17.0. The molecule has 0 spiro atoms. The number of fused-ring (bicyclic) bond motifs is 2. The van der Waals surface area contributed by atoms with Gasteiger partial charge in [0.1, 0.15) is 5.58 Å². The summed E-state index contributed by atoms with van der Waals surface area (Å²) in [7, 11) is 1.33. The van der Waals surface area contributed by atoms with Crippen LogP contribution in [0.25, 0.3) is 11.0 Å². The molecule has 3 heterocycles. The summed E-state index contributed by atoms with van der Waals surface area (Å²) in [5, 5.41) is 0.414. The molecule has 9 heteroatoms. The molecular weight excluding hydrogens is 516 g/mol. The minimum absolute atomic E-state index is 0.0817. The maximum absolute atomic E-state index is 13.6. The molecule has 0 unspecified atom stereocenters. The number of amides is 1. The SMILES string of the molecule is COC(=O)c1ccc([C@@H]2c3c(oc4ccc(Br)cc4c3=O)C(=O)N2CCCN2CCOCC2)cc1. The van der Waals surface area contributed by atoms with E-state index in [0.29, 0.717) is 41.9 Å². The Balaban J connectivity index is 1.53. The molecule has 35 heavy (non-hydrogen) atoms. The van der Waals surface area contributed by atoms with E-state index in [-0.39, 0.29) is 17.1 Å². The Kier molecular flexibility index (Phi) is 6.73. The van der Waals surface area contributed by atoms with E-state index in [1.165, 1.54) is 7.11 Å². The quantitative estimate of drug-likeness (QED) is 0.441. The minimum atomic E-state index is -0.603. The number of hydrogen-bond acceptors (Lipinski definition) is 7. The number of ether oxygens (including phenoxy) is 2. The second-order valence-corrected chi connectivity index (χ2v) is 9.55. The molecule has 5 rings (SSSR count). The fourth-order valence-electron chi connectivity index (χ4n) is 4.78. The van der Waals surface area contributed by atoms with E-state index in [0.717, 1.165) is 36.1 Å². The number of morpholine rings is 1. The van der Waals surface area contributed by atoms with Crippen LogP contribution in [0.4, 0.5) is 0 Å². The van der Waals surface area contributed by atoms with Crippen molar-refractivity contribution < 1.29 is 23.5 Å². The molecule has 0 N–H and O–H groups in total. The van der Waals surface area contributed by atoms with Crippen molar-refractivity contribution in [3.05, 3.63) is 79.6 Å². The number of rotatable bonds is 6. The largest absolute Gasteiger partial charge is 0.465 e. The molecule has 1 saturated heterocycles. The van der Waals surface area contributed by atoms with Crippen LogP contribution < -0.4 is 5.43 Å². The first-order valence-electron chi connectivity index (χ1n) is 11.5. The van der Waals surface area contributed by atoms with Crippen LogP contribution in [0.2, 0.25) is 0 Å². The number of esters is 1. The first kappa shape index (κ1) is 23.7. The summed E-state index contributed by atoms with van der Waals surface area (Å²) in [6.45, 7) is 4.45. The summed E-state index contributed by atoms with van der Waals surface area (Å²) < 4.78 is 17.0. The van der Waals surface area contributed by atoms with Gasteiger partial charge in [0.25, 0.3) is 5.91 Å². The zero-order valence-corrected chi connectivity index (χ0v) is 20.9. The van der Waals surface area contributed by atoms with Gasteiger partial charge in [-0.2, -0.15) is 0 Å². The Labute approximate surface area is 210 Å². The summed E-state index contributed by atoms with van der Waals surface area (Å²) in [6.07, 6.45) is 0.746. The Morgan fingerprint density at radius 3 is 2.54 bits per heavy atom. The third-order valence-electron chi connectivity index (χ3n) is 6.55. The number of carbonyl (C=O) groups excluding carboxylic acids is 2. The Hall–Kier alpha value is -3.01. The highest BCUT2D eigenvalue weighted by atomic mass is 79.9. The van der Waals surface area contributed by atoms with Gasteiger partial charge in [-0.25, -0.2) is 4.79 Å². The van der Waals surface area contributed by atoms with Crippen LogP contribution in [-0.4, -0.2) is 68.2 Å². The molecule has 3 aromatic rings. The maximum Gasteiger partial charge on any atom is 0.337 e. The van der Waals surface area contributed by atoms with Gasteiger partial charge in [0.15, 0.2) is 5.43 Å². The van der Waals surface area contributed by atoms with E-state index in [1.54, 1.807) is 47.4 Å². The standard InChI is InChI=1S/C26H25BrN2O6/c1-33-26(32)17-5-3-16(4-6-17)22-21-23(30)19-15-18(27)7-8-20(19)35-24(21)25(31)29(22)10-2-9-28-11-13-34-14-12-28/h3-8,15,22H,2,9-14H2,1H3/t22-/m1/s1. The predicted molar refractivity (Wildman–Crippen MR) is 133 cm³/mol. The Morgan fingerprint density at radius 2 is 1.83 bits per heavy atom. The average molecular weight is 541 g/mol. The van der Waals surface area contributed by atoms with Crippen molar-refractivity contribution in [2.24, 2.45) is 0 Å². The van der Waals surface area contributed by atoms with Gasteiger partial charge in [0, 0.05) is 30.7 Å². The summed E-state index contributed by atoms with van der Waals surface area (Å²) >= 11 is 3.42. The molecule has 0 saturated carbocycles. The van der Waals surface area contributed by atoms with E-state index in [1.807, 2.05) is 0 Å². The van der Waals surface area contributed by atoms with Gasteiger partial charge < -0.3 is 18.8 Å². The topological polar surface area (TPSA) is 89.3 Å². The minimum Gasteiger partial charge on any atom is -0.465 e. The van der Waals surface area contributed by atoms with Crippen LogP contribution in [0.5, 0.6) is 0 Å². The molecule has 2 aliphatic rings. The lowest BCUT2D eigenvalue weighted by molar-refractivity contribution is 0.0353. The normalized spacial score (nSPS) is 18.2. The Bertz CT molecular complexity index is 1330. The van der Waals surface area contributed by atoms with Gasteiger partial charge in [-0.1, -0.05) is 28.1 Å². The molecule has 1 atom stereocenters. The summed E-state index contributed by atoms with van der Waals surface area (Å²) in [5.41, 5.74) is 1.61. The highest BCUT2D eigenvalue weighted by Gasteiger charge is 2.42. The van der Waals surface area contributed by atoms with Gasteiger partial charge in [0.05, 0.1) is 42.9 Å². The third kappa shape index (κ3) is 4.51. The molecule has 1 aromatic heterocycles. The smallest absolute Gasteiger partial charge is 0.337 e. The van der Waals surface area contributed by atoms with Gasteiger partial charge in [0.2, 0.25) is 5.76 Å². The number of methoxy groups -OCH3 is 1. The lowest BCUT2D eigenvalue weighted by atomic mass is 9.97. The number of halogens is 1. The number of nitrogens with zero attached hydrogens (tertiary/aromatic N) is 2. The number of benzene rings is 2. The molecule has 0 radical (unpaired) electrons. The fourth-order valence-corrected chi connectivity index (χ4v) is 5.14. The fraction of sp³-hybridized carbons (Fsp3) is 0.346. The number of carbonyl (C=O) groups is 2. The molecule has 1 fully saturated rings. The number of hydrogen-bond donors (Lipinski definition) is 0. The maximum atomic E-state index is 13.6. The van der Waals surface area contributed by atoms with Crippen LogP contribution in [0.1, 0.15) is 44.5 Å². The molecule has 2 aliphatic heterocycles. The molecule has 0 bridgehead atoms. The van der Waals surface area contributed by atoms with Crippen LogP contribution in [0.3, 0.4) is 0 Å². The van der Waals surface area contributed by atoms with E-state index in [4.69, 9.17) is 13.9 Å².